The third kappa shape index (κ3) is 3.05. The molecule has 0 aromatic heterocycles. The van der Waals surface area contributed by atoms with Crippen LogP contribution in [0.15, 0.2) is 18.2 Å². The van der Waals surface area contributed by atoms with E-state index in [0.717, 1.165) is 38.3 Å². The number of hydrogen-bond donors (Lipinski definition) is 2. The predicted octanol–water partition coefficient (Wildman–Crippen LogP) is 3.15. The normalized spacial score (nSPS) is 18.9. The fourth-order valence-corrected chi connectivity index (χ4v) is 2.32. The molecule has 94 valence electrons. The van der Waals surface area contributed by atoms with Gasteiger partial charge in [-0.25, -0.2) is 0 Å². The zero-order chi connectivity index (χ0) is 12.3. The molecule has 1 aromatic rings. The van der Waals surface area contributed by atoms with Crippen LogP contribution in [0.3, 0.4) is 0 Å². The number of halogens is 1. The van der Waals surface area contributed by atoms with Crippen LogP contribution in [0.2, 0.25) is 5.02 Å². The van der Waals surface area contributed by atoms with E-state index in [1.165, 1.54) is 0 Å². The molecule has 0 unspecified atom stereocenters. The molecule has 1 fully saturated rings. The maximum Gasteiger partial charge on any atom is 0.0763 e. The second-order valence-electron chi connectivity index (χ2n) is 4.98. The smallest absolute Gasteiger partial charge is 0.0763 e. The van der Waals surface area contributed by atoms with Crippen LogP contribution >= 0.6 is 11.6 Å². The molecule has 0 saturated carbocycles. The number of nitrogens with one attached hydrogen (secondary N) is 1. The number of benzene rings is 1. The molecule has 1 aliphatic heterocycles. The lowest BCUT2D eigenvalue weighted by Gasteiger charge is -2.34. The van der Waals surface area contributed by atoms with E-state index in [4.69, 9.17) is 22.1 Å². The Morgan fingerprint density at radius 2 is 2.12 bits per heavy atom. The Morgan fingerprint density at radius 1 is 1.41 bits per heavy atom. The van der Waals surface area contributed by atoms with Crippen LogP contribution in [0.4, 0.5) is 11.4 Å². The van der Waals surface area contributed by atoms with Crippen LogP contribution in [0, 0.1) is 5.41 Å². The minimum Gasteiger partial charge on any atom is -0.397 e. The molecule has 2 rings (SSSR count). The Labute approximate surface area is 107 Å². The van der Waals surface area contributed by atoms with Crippen molar-refractivity contribution in [2.45, 2.75) is 19.8 Å². The van der Waals surface area contributed by atoms with Gasteiger partial charge in [-0.15, -0.1) is 0 Å². The van der Waals surface area contributed by atoms with Crippen LogP contribution < -0.4 is 11.1 Å². The molecule has 0 spiro atoms. The average molecular weight is 255 g/mol. The highest BCUT2D eigenvalue weighted by molar-refractivity contribution is 6.33. The fraction of sp³-hybridized carbons (Fsp3) is 0.538. The number of ether oxygens (including phenoxy) is 1. The predicted molar refractivity (Wildman–Crippen MR) is 72.5 cm³/mol. The van der Waals surface area contributed by atoms with E-state index in [0.29, 0.717) is 10.7 Å². The second kappa shape index (κ2) is 5.15. The first-order valence-corrected chi connectivity index (χ1v) is 6.34. The molecule has 4 heteroatoms. The second-order valence-corrected chi connectivity index (χ2v) is 5.39. The maximum atomic E-state index is 6.13. The third-order valence-corrected chi connectivity index (χ3v) is 3.75. The van der Waals surface area contributed by atoms with Crippen LogP contribution in [-0.2, 0) is 4.74 Å². The molecule has 17 heavy (non-hydrogen) atoms. The Hall–Kier alpha value is -0.930. The highest BCUT2D eigenvalue weighted by Crippen LogP contribution is 2.33. The summed E-state index contributed by atoms with van der Waals surface area (Å²) in [7, 11) is 0. The minimum atomic E-state index is 0.268. The summed E-state index contributed by atoms with van der Waals surface area (Å²) >= 11 is 6.13. The molecule has 0 bridgehead atoms. The molecule has 0 aliphatic carbocycles. The quantitative estimate of drug-likeness (QED) is 0.815. The maximum absolute atomic E-state index is 6.13. The van der Waals surface area contributed by atoms with E-state index in [1.54, 1.807) is 0 Å². The molecule has 3 nitrogen and oxygen atoms in total. The Kier molecular flexibility index (Phi) is 3.79. The van der Waals surface area contributed by atoms with E-state index in [-0.39, 0.29) is 5.41 Å². The molecule has 1 aliphatic rings. The van der Waals surface area contributed by atoms with Gasteiger partial charge in [0.1, 0.15) is 0 Å². The number of hydrogen-bond acceptors (Lipinski definition) is 3. The summed E-state index contributed by atoms with van der Waals surface area (Å²) in [5, 5.41) is 4.06. The number of anilines is 2. The first-order valence-electron chi connectivity index (χ1n) is 5.96. The molecule has 0 radical (unpaired) electrons. The van der Waals surface area contributed by atoms with Gasteiger partial charge < -0.3 is 15.8 Å². The summed E-state index contributed by atoms with van der Waals surface area (Å²) < 4.78 is 5.39. The summed E-state index contributed by atoms with van der Waals surface area (Å²) in [6.07, 6.45) is 2.15. The van der Waals surface area contributed by atoms with Crippen molar-refractivity contribution in [2.24, 2.45) is 5.41 Å². The third-order valence-electron chi connectivity index (χ3n) is 3.44. The molecule has 3 N–H and O–H groups in total. The van der Waals surface area contributed by atoms with Crippen molar-refractivity contribution in [1.29, 1.82) is 0 Å². The van der Waals surface area contributed by atoms with Gasteiger partial charge in [0.25, 0.3) is 0 Å². The number of para-hydroxylation sites is 1. The zero-order valence-corrected chi connectivity index (χ0v) is 10.9. The van der Waals surface area contributed by atoms with E-state index >= 15 is 0 Å². The van der Waals surface area contributed by atoms with E-state index in [9.17, 15) is 0 Å². The van der Waals surface area contributed by atoms with Crippen LogP contribution in [-0.4, -0.2) is 19.8 Å². The standard InChI is InChI=1S/C13H19ClN2O/c1-13(5-7-17-8-6-13)9-16-12-10(14)3-2-4-11(12)15/h2-4,16H,5-9,15H2,1H3. The monoisotopic (exact) mass is 254 g/mol. The van der Waals surface area contributed by atoms with Crippen LogP contribution in [0.25, 0.3) is 0 Å². The van der Waals surface area contributed by atoms with Gasteiger partial charge in [0.2, 0.25) is 0 Å². The van der Waals surface area contributed by atoms with Gasteiger partial charge in [0, 0.05) is 19.8 Å². The van der Waals surface area contributed by atoms with Crippen molar-refractivity contribution in [3.63, 3.8) is 0 Å². The van der Waals surface area contributed by atoms with Crippen molar-refractivity contribution in [3.05, 3.63) is 23.2 Å². The van der Waals surface area contributed by atoms with E-state index in [2.05, 4.69) is 12.2 Å². The fourth-order valence-electron chi connectivity index (χ4n) is 2.07. The van der Waals surface area contributed by atoms with Crippen molar-refractivity contribution in [2.75, 3.05) is 30.8 Å². The summed E-state index contributed by atoms with van der Waals surface area (Å²) in [6, 6.07) is 5.58. The SMILES string of the molecule is CC1(CNc2c(N)cccc2Cl)CCOCC1. The van der Waals surface area contributed by atoms with Gasteiger partial charge in [-0.2, -0.15) is 0 Å². The van der Waals surface area contributed by atoms with Crippen LogP contribution in [0.1, 0.15) is 19.8 Å². The van der Waals surface area contributed by atoms with Gasteiger partial charge in [0.15, 0.2) is 0 Å². The first kappa shape index (κ1) is 12.5. The van der Waals surface area contributed by atoms with Gasteiger partial charge in [-0.3, -0.25) is 0 Å². The van der Waals surface area contributed by atoms with Gasteiger partial charge in [-0.05, 0) is 30.4 Å². The van der Waals surface area contributed by atoms with Crippen molar-refractivity contribution in [3.8, 4) is 0 Å². The number of rotatable bonds is 3. The van der Waals surface area contributed by atoms with Crippen molar-refractivity contribution >= 4 is 23.0 Å². The van der Waals surface area contributed by atoms with Gasteiger partial charge >= 0.3 is 0 Å². The van der Waals surface area contributed by atoms with Gasteiger partial charge in [-0.1, -0.05) is 24.6 Å². The summed E-state index contributed by atoms with van der Waals surface area (Å²) in [5.74, 6) is 0. The molecule has 1 aromatic carbocycles. The Morgan fingerprint density at radius 3 is 2.76 bits per heavy atom. The molecule has 1 saturated heterocycles. The topological polar surface area (TPSA) is 47.3 Å². The highest BCUT2D eigenvalue weighted by atomic mass is 35.5. The van der Waals surface area contributed by atoms with E-state index < -0.39 is 0 Å². The van der Waals surface area contributed by atoms with Crippen molar-refractivity contribution in [1.82, 2.24) is 0 Å². The molecule has 0 amide bonds. The summed E-state index contributed by atoms with van der Waals surface area (Å²) in [4.78, 5) is 0. The first-order chi connectivity index (χ1) is 8.11. The lowest BCUT2D eigenvalue weighted by atomic mass is 9.82. The highest BCUT2D eigenvalue weighted by Gasteiger charge is 2.27. The molecular weight excluding hydrogens is 236 g/mol. The number of nitrogens with two attached hydrogens (primary N) is 1. The van der Waals surface area contributed by atoms with Crippen LogP contribution in [0.5, 0.6) is 0 Å². The van der Waals surface area contributed by atoms with Gasteiger partial charge in [0.05, 0.1) is 16.4 Å². The molecule has 0 atom stereocenters. The summed E-state index contributed by atoms with van der Waals surface area (Å²) in [6.45, 7) is 4.84. The Bertz CT molecular complexity index is 369. The molecular formula is C13H19ClN2O. The number of nitrogen functional groups attached to an aromatic ring is 1. The lowest BCUT2D eigenvalue weighted by Crippen LogP contribution is -2.33. The largest absolute Gasteiger partial charge is 0.397 e. The van der Waals surface area contributed by atoms with Crippen molar-refractivity contribution < 1.29 is 4.74 Å². The zero-order valence-electron chi connectivity index (χ0n) is 10.1. The summed E-state index contributed by atoms with van der Waals surface area (Å²) in [5.41, 5.74) is 7.73. The van der Waals surface area contributed by atoms with E-state index in [1.807, 2.05) is 18.2 Å². The lowest BCUT2D eigenvalue weighted by molar-refractivity contribution is 0.0300. The average Bonchev–Trinajstić information content (AvgIpc) is 2.29. The Balaban J connectivity index is 2.02. The molecule has 1 heterocycles. The minimum absolute atomic E-state index is 0.268.